The molecule has 298 valence electrons. The Kier molecular flexibility index (Phi) is 28.3. The number of carbonyl (C=O) groups is 3. The van der Waals surface area contributed by atoms with Gasteiger partial charge in [0, 0.05) is 84.0 Å². The lowest BCUT2D eigenvalue weighted by molar-refractivity contribution is -0.122. The van der Waals surface area contributed by atoms with E-state index in [9.17, 15) is 14.4 Å². The third-order valence-corrected chi connectivity index (χ3v) is 12.8. The van der Waals surface area contributed by atoms with Crippen molar-refractivity contribution in [2.45, 2.75) is 137 Å². The molecular formula is C39H77N5O6Si. The molecule has 4 N–H and O–H groups in total. The number of nitrogens with zero attached hydrogens (tertiary/aromatic N) is 1. The van der Waals surface area contributed by atoms with Crippen LogP contribution in [0.2, 0.25) is 6.04 Å². The highest BCUT2D eigenvalue weighted by Gasteiger charge is 2.39. The van der Waals surface area contributed by atoms with Crippen LogP contribution < -0.4 is 21.3 Å². The molecule has 2 unspecified atom stereocenters. The van der Waals surface area contributed by atoms with Crippen molar-refractivity contribution >= 4 is 26.5 Å². The third kappa shape index (κ3) is 22.8. The highest BCUT2D eigenvalue weighted by atomic mass is 28.4. The first-order valence-electron chi connectivity index (χ1n) is 20.5. The summed E-state index contributed by atoms with van der Waals surface area (Å²) in [4.78, 5) is 39.7. The number of hydrogen-bond donors (Lipinski definition) is 4. The van der Waals surface area contributed by atoms with Crippen molar-refractivity contribution in [3.05, 3.63) is 11.6 Å². The maximum atomic E-state index is 13.1. The first-order valence-corrected chi connectivity index (χ1v) is 22.4. The molecule has 0 aromatic carbocycles. The zero-order valence-electron chi connectivity index (χ0n) is 33.5. The quantitative estimate of drug-likeness (QED) is 0.0337. The fourth-order valence-electron chi connectivity index (χ4n) is 6.83. The molecule has 0 fully saturated rings. The Bertz CT molecular complexity index is 938. The molecule has 12 heteroatoms. The molecule has 0 aromatic rings. The number of urea groups is 1. The summed E-state index contributed by atoms with van der Waals surface area (Å²) in [7, 11) is -0.832. The zero-order chi connectivity index (χ0) is 37.6. The topological polar surface area (TPSA) is 130 Å². The number of hydrogen-bond acceptors (Lipinski definition) is 8. The molecule has 1 aliphatic rings. The number of rotatable bonds is 33. The van der Waals surface area contributed by atoms with Gasteiger partial charge in [0.15, 0.2) is 0 Å². The first kappa shape index (κ1) is 47.2. The molecule has 51 heavy (non-hydrogen) atoms. The van der Waals surface area contributed by atoms with Crippen molar-refractivity contribution in [1.29, 1.82) is 0 Å². The van der Waals surface area contributed by atoms with Crippen LogP contribution in [-0.4, -0.2) is 104 Å². The van der Waals surface area contributed by atoms with Crippen LogP contribution in [0.25, 0.3) is 0 Å². The monoisotopic (exact) mass is 740 g/mol. The fourth-order valence-corrected chi connectivity index (χ4v) is 9.44. The van der Waals surface area contributed by atoms with Gasteiger partial charge in [-0.25, -0.2) is 4.79 Å². The van der Waals surface area contributed by atoms with Gasteiger partial charge in [-0.2, -0.15) is 0 Å². The summed E-state index contributed by atoms with van der Waals surface area (Å²) < 4.78 is 17.8. The normalized spacial score (nSPS) is 16.2. The van der Waals surface area contributed by atoms with E-state index in [0.29, 0.717) is 83.1 Å². The molecule has 0 aromatic heterocycles. The predicted octanol–water partition coefficient (Wildman–Crippen LogP) is 6.60. The van der Waals surface area contributed by atoms with E-state index < -0.39 is 8.80 Å². The Balaban J connectivity index is 2.40. The SMILES string of the molecule is CCCCCCC1C=C(CCCCCCCC(=O)NCCN(CCNCCNC)C(=O)NCCC[Si](OCC)(OCC)OCC)CC(C(C)=O)C1. The number of amides is 3. The van der Waals surface area contributed by atoms with Gasteiger partial charge in [0.2, 0.25) is 5.91 Å². The summed E-state index contributed by atoms with van der Waals surface area (Å²) >= 11 is 0. The summed E-state index contributed by atoms with van der Waals surface area (Å²) in [5.74, 6) is 1.17. The summed E-state index contributed by atoms with van der Waals surface area (Å²) in [6.45, 7) is 15.7. The Morgan fingerprint density at radius 1 is 0.784 bits per heavy atom. The number of Topliss-reactive ketones (excluding diaryl/α,β-unsaturated/α-hetero) is 1. The van der Waals surface area contributed by atoms with Gasteiger partial charge in [-0.05, 0) is 85.6 Å². The van der Waals surface area contributed by atoms with Crippen molar-refractivity contribution < 1.29 is 27.7 Å². The van der Waals surface area contributed by atoms with E-state index in [1.165, 1.54) is 37.7 Å². The van der Waals surface area contributed by atoms with Crippen LogP contribution in [0.4, 0.5) is 4.79 Å². The summed E-state index contributed by atoms with van der Waals surface area (Å²) in [5.41, 5.74) is 1.49. The number of likely N-dealkylation sites (N-methyl/N-ethyl adjacent to an activating group) is 1. The highest BCUT2D eigenvalue weighted by molar-refractivity contribution is 6.60. The van der Waals surface area contributed by atoms with E-state index in [-0.39, 0.29) is 17.9 Å². The number of nitrogens with one attached hydrogen (secondary N) is 4. The fraction of sp³-hybridized carbons (Fsp3) is 0.872. The molecule has 0 bridgehead atoms. The van der Waals surface area contributed by atoms with Crippen LogP contribution in [0, 0.1) is 11.8 Å². The number of carbonyl (C=O) groups excluding carboxylic acids is 3. The van der Waals surface area contributed by atoms with Gasteiger partial charge in [-0.3, -0.25) is 9.59 Å². The van der Waals surface area contributed by atoms with Gasteiger partial charge >= 0.3 is 14.8 Å². The Morgan fingerprint density at radius 3 is 2.12 bits per heavy atom. The van der Waals surface area contributed by atoms with Crippen LogP contribution in [-0.2, 0) is 22.9 Å². The van der Waals surface area contributed by atoms with Crippen molar-refractivity contribution in [3.63, 3.8) is 0 Å². The van der Waals surface area contributed by atoms with Crippen LogP contribution in [0.3, 0.4) is 0 Å². The molecule has 0 saturated carbocycles. The lowest BCUT2D eigenvalue weighted by Crippen LogP contribution is -2.48. The van der Waals surface area contributed by atoms with Gasteiger partial charge in [-0.1, -0.05) is 63.5 Å². The van der Waals surface area contributed by atoms with Gasteiger partial charge < -0.3 is 39.4 Å². The van der Waals surface area contributed by atoms with E-state index >= 15 is 0 Å². The second-order valence-corrected chi connectivity index (χ2v) is 16.7. The average molecular weight is 740 g/mol. The van der Waals surface area contributed by atoms with Crippen LogP contribution >= 0.6 is 0 Å². The van der Waals surface area contributed by atoms with Crippen molar-refractivity contribution in [2.24, 2.45) is 11.8 Å². The minimum Gasteiger partial charge on any atom is -0.374 e. The first-order chi connectivity index (χ1) is 24.7. The molecule has 0 saturated heterocycles. The van der Waals surface area contributed by atoms with E-state index in [1.54, 1.807) is 11.8 Å². The van der Waals surface area contributed by atoms with E-state index in [0.717, 1.165) is 64.5 Å². The second kappa shape index (κ2) is 30.6. The highest BCUT2D eigenvalue weighted by Crippen LogP contribution is 2.34. The summed E-state index contributed by atoms with van der Waals surface area (Å²) in [6, 6.07) is 0.503. The van der Waals surface area contributed by atoms with Gasteiger partial charge in [0.1, 0.15) is 5.78 Å². The molecule has 11 nitrogen and oxygen atoms in total. The summed E-state index contributed by atoms with van der Waals surface area (Å²) in [5, 5.41) is 12.5. The van der Waals surface area contributed by atoms with Crippen molar-refractivity contribution in [1.82, 2.24) is 26.2 Å². The molecule has 0 heterocycles. The molecule has 0 aliphatic heterocycles. The Hall–Kier alpha value is -1.83. The minimum absolute atomic E-state index is 0.0409. The molecule has 3 amide bonds. The van der Waals surface area contributed by atoms with E-state index in [1.807, 2.05) is 27.8 Å². The van der Waals surface area contributed by atoms with Crippen LogP contribution in [0.5, 0.6) is 0 Å². The van der Waals surface area contributed by atoms with Crippen LogP contribution in [0.1, 0.15) is 131 Å². The summed E-state index contributed by atoms with van der Waals surface area (Å²) in [6.07, 6.45) is 18.5. The lowest BCUT2D eigenvalue weighted by atomic mass is 9.77. The van der Waals surface area contributed by atoms with E-state index in [4.69, 9.17) is 13.3 Å². The third-order valence-electron chi connectivity index (χ3n) is 9.60. The Morgan fingerprint density at radius 2 is 1.45 bits per heavy atom. The maximum absolute atomic E-state index is 13.1. The van der Waals surface area contributed by atoms with Gasteiger partial charge in [0.05, 0.1) is 0 Å². The number of allylic oxidation sites excluding steroid dienone is 2. The second-order valence-electron chi connectivity index (χ2n) is 14.0. The maximum Gasteiger partial charge on any atom is 0.500 e. The van der Waals surface area contributed by atoms with Gasteiger partial charge in [0.25, 0.3) is 0 Å². The standard InChI is InChI=1S/C39H77N5O6Si/c1-7-11-12-16-20-35-31-36(33-37(32-35)34(5)45)21-17-14-13-15-18-22-38(46)42-27-29-44(28-26-41-25-24-40-6)39(47)43-23-19-30-51(48-8-2,49-9-3)50-10-4/h31,35,37,40-41H,7-30,32-33H2,1-6H3,(H,42,46)(H,43,47). The molecule has 0 spiro atoms. The zero-order valence-corrected chi connectivity index (χ0v) is 34.5. The average Bonchev–Trinajstić information content (AvgIpc) is 3.11. The number of unbranched alkanes of at least 4 members (excludes halogenated alkanes) is 7. The molecule has 1 aliphatic carbocycles. The molecular weight excluding hydrogens is 663 g/mol. The molecule has 2 atom stereocenters. The Labute approximate surface area is 312 Å². The van der Waals surface area contributed by atoms with E-state index in [2.05, 4.69) is 34.3 Å². The number of ketones is 1. The molecule has 0 radical (unpaired) electrons. The predicted molar refractivity (Wildman–Crippen MR) is 211 cm³/mol. The smallest absolute Gasteiger partial charge is 0.374 e. The molecule has 1 rings (SSSR count). The minimum atomic E-state index is -2.75. The van der Waals surface area contributed by atoms with Crippen molar-refractivity contribution in [2.75, 3.05) is 72.7 Å². The lowest BCUT2D eigenvalue weighted by Gasteiger charge is -2.28. The van der Waals surface area contributed by atoms with Crippen molar-refractivity contribution in [3.8, 4) is 0 Å². The van der Waals surface area contributed by atoms with Crippen LogP contribution in [0.15, 0.2) is 11.6 Å². The largest absolute Gasteiger partial charge is 0.500 e. The van der Waals surface area contributed by atoms with Gasteiger partial charge in [-0.15, -0.1) is 0 Å².